The molecule has 13 heavy (non-hydrogen) atoms. The Morgan fingerprint density at radius 1 is 1.85 bits per heavy atom. The molecule has 1 aromatic rings. The van der Waals surface area contributed by atoms with Crippen molar-refractivity contribution in [3.05, 3.63) is 29.1 Å². The first kappa shape index (κ1) is 9.85. The molecular weight excluding hydrogens is 188 g/mol. The van der Waals surface area contributed by atoms with E-state index in [1.165, 1.54) is 16.3 Å². The fourth-order valence-corrected chi connectivity index (χ4v) is 1.50. The first-order chi connectivity index (χ1) is 6.19. The summed E-state index contributed by atoms with van der Waals surface area (Å²) in [5.41, 5.74) is -0.267. The van der Waals surface area contributed by atoms with Gasteiger partial charge >= 0.3 is 0 Å². The molecular formula is C8H10N2O2S. The van der Waals surface area contributed by atoms with E-state index in [2.05, 4.69) is 11.6 Å². The van der Waals surface area contributed by atoms with E-state index in [9.17, 15) is 4.79 Å². The molecule has 0 aliphatic heterocycles. The van der Waals surface area contributed by atoms with Gasteiger partial charge in [-0.2, -0.15) is 4.98 Å². The van der Waals surface area contributed by atoms with Crippen molar-refractivity contribution in [1.82, 2.24) is 9.55 Å². The topological polar surface area (TPSA) is 55.1 Å². The lowest BCUT2D eigenvalue weighted by atomic mass is 10.5. The molecule has 1 rings (SSSR count). The van der Waals surface area contributed by atoms with Crippen LogP contribution in [0.3, 0.4) is 0 Å². The van der Waals surface area contributed by atoms with Crippen molar-refractivity contribution >= 4 is 11.8 Å². The number of nitrogens with zero attached hydrogens (tertiary/aromatic N) is 2. The molecule has 0 aromatic carbocycles. The Bertz CT molecular complexity index is 373. The van der Waals surface area contributed by atoms with Crippen LogP contribution in [-0.2, 0) is 6.54 Å². The molecule has 1 aromatic heterocycles. The highest BCUT2D eigenvalue weighted by Crippen LogP contribution is 2.12. The molecule has 0 bridgehead atoms. The third-order valence-electron chi connectivity index (χ3n) is 1.45. The molecule has 0 spiro atoms. The largest absolute Gasteiger partial charge is 0.493 e. The summed E-state index contributed by atoms with van der Waals surface area (Å²) >= 11 is 1.31. The van der Waals surface area contributed by atoms with Gasteiger partial charge < -0.3 is 5.11 Å². The highest BCUT2D eigenvalue weighted by Gasteiger charge is 2.04. The van der Waals surface area contributed by atoms with Crippen molar-refractivity contribution in [1.29, 1.82) is 0 Å². The molecule has 0 fully saturated rings. The highest BCUT2D eigenvalue weighted by atomic mass is 32.2. The van der Waals surface area contributed by atoms with E-state index in [1.807, 2.05) is 0 Å². The van der Waals surface area contributed by atoms with Gasteiger partial charge in [0.25, 0.3) is 5.56 Å². The SMILES string of the molecule is C=CCn1c(SC)nc(O)cc1=O. The van der Waals surface area contributed by atoms with Crippen LogP contribution in [0.1, 0.15) is 0 Å². The second kappa shape index (κ2) is 4.13. The Kier molecular flexibility index (Phi) is 3.13. The maximum Gasteiger partial charge on any atom is 0.258 e. The van der Waals surface area contributed by atoms with Gasteiger partial charge in [0, 0.05) is 6.54 Å². The molecule has 0 unspecified atom stereocenters. The zero-order chi connectivity index (χ0) is 9.84. The van der Waals surface area contributed by atoms with Gasteiger partial charge in [0.15, 0.2) is 5.16 Å². The summed E-state index contributed by atoms with van der Waals surface area (Å²) in [5.74, 6) is -0.241. The number of hydrogen-bond donors (Lipinski definition) is 1. The Labute approximate surface area is 79.9 Å². The van der Waals surface area contributed by atoms with Crippen molar-refractivity contribution in [3.8, 4) is 5.88 Å². The molecule has 0 saturated carbocycles. The van der Waals surface area contributed by atoms with Crippen LogP contribution in [0.5, 0.6) is 5.88 Å². The number of hydrogen-bond acceptors (Lipinski definition) is 4. The fourth-order valence-electron chi connectivity index (χ4n) is 0.926. The maximum atomic E-state index is 11.3. The molecule has 0 amide bonds. The lowest BCUT2D eigenvalue weighted by Crippen LogP contribution is -2.20. The van der Waals surface area contributed by atoms with Crippen molar-refractivity contribution in [2.24, 2.45) is 0 Å². The van der Waals surface area contributed by atoms with Crippen LogP contribution in [0.25, 0.3) is 0 Å². The van der Waals surface area contributed by atoms with E-state index >= 15 is 0 Å². The van der Waals surface area contributed by atoms with Gasteiger partial charge in [-0.1, -0.05) is 17.8 Å². The molecule has 1 heterocycles. The summed E-state index contributed by atoms with van der Waals surface area (Å²) < 4.78 is 1.44. The summed E-state index contributed by atoms with van der Waals surface area (Å²) in [6, 6.07) is 1.09. The normalized spacial score (nSPS) is 9.92. The van der Waals surface area contributed by atoms with Crippen molar-refractivity contribution in [3.63, 3.8) is 0 Å². The van der Waals surface area contributed by atoms with E-state index in [4.69, 9.17) is 5.11 Å². The molecule has 5 heteroatoms. The van der Waals surface area contributed by atoms with E-state index in [0.29, 0.717) is 11.7 Å². The quantitative estimate of drug-likeness (QED) is 0.444. The lowest BCUT2D eigenvalue weighted by molar-refractivity contribution is 0.435. The maximum absolute atomic E-state index is 11.3. The molecule has 0 atom stereocenters. The monoisotopic (exact) mass is 198 g/mol. The summed E-state index contributed by atoms with van der Waals surface area (Å²) in [7, 11) is 0. The van der Waals surface area contributed by atoms with Crippen LogP contribution in [0.15, 0.2) is 28.7 Å². The summed E-state index contributed by atoms with van der Waals surface area (Å²) in [4.78, 5) is 15.1. The first-order valence-electron chi connectivity index (χ1n) is 3.64. The number of aromatic hydroxyl groups is 1. The van der Waals surface area contributed by atoms with Crippen LogP contribution in [0, 0.1) is 0 Å². The van der Waals surface area contributed by atoms with Crippen molar-refractivity contribution in [2.45, 2.75) is 11.7 Å². The minimum atomic E-state index is -0.267. The second-order valence-corrected chi connectivity index (χ2v) is 3.11. The molecule has 0 aliphatic carbocycles. The molecule has 0 radical (unpaired) electrons. The Morgan fingerprint density at radius 3 is 3.08 bits per heavy atom. The molecule has 4 nitrogen and oxygen atoms in total. The molecule has 0 saturated heterocycles. The van der Waals surface area contributed by atoms with Crippen molar-refractivity contribution in [2.75, 3.05) is 6.26 Å². The molecule has 0 aliphatic rings. The predicted molar refractivity (Wildman–Crippen MR) is 52.1 cm³/mol. The lowest BCUT2D eigenvalue weighted by Gasteiger charge is -2.06. The van der Waals surface area contributed by atoms with Gasteiger partial charge in [0.05, 0.1) is 6.07 Å². The molecule has 1 N–H and O–H groups in total. The van der Waals surface area contributed by atoms with Crippen LogP contribution in [0.2, 0.25) is 0 Å². The number of thioether (sulfide) groups is 1. The standard InChI is InChI=1S/C8H10N2O2S/c1-3-4-10-7(12)5-6(11)9-8(10)13-2/h3,5,11H,1,4H2,2H3. The average molecular weight is 198 g/mol. The zero-order valence-corrected chi connectivity index (χ0v) is 8.04. The van der Waals surface area contributed by atoms with Gasteiger partial charge in [-0.3, -0.25) is 9.36 Å². The second-order valence-electron chi connectivity index (χ2n) is 2.34. The number of allylic oxidation sites excluding steroid dienone is 1. The third kappa shape index (κ3) is 2.12. The smallest absolute Gasteiger partial charge is 0.258 e. The first-order valence-corrected chi connectivity index (χ1v) is 4.87. The Hall–Kier alpha value is -1.23. The van der Waals surface area contributed by atoms with Gasteiger partial charge in [0.1, 0.15) is 0 Å². The predicted octanol–water partition coefficient (Wildman–Crippen LogP) is 0.857. The van der Waals surface area contributed by atoms with Crippen LogP contribution in [-0.4, -0.2) is 20.9 Å². The van der Waals surface area contributed by atoms with E-state index in [0.717, 1.165) is 6.07 Å². The van der Waals surface area contributed by atoms with Gasteiger partial charge in [-0.15, -0.1) is 6.58 Å². The van der Waals surface area contributed by atoms with Crippen molar-refractivity contribution < 1.29 is 5.11 Å². The number of aromatic nitrogens is 2. The summed E-state index contributed by atoms with van der Waals surface area (Å²) in [6.45, 7) is 3.94. The Balaban J connectivity index is 3.29. The fraction of sp³-hybridized carbons (Fsp3) is 0.250. The molecule has 70 valence electrons. The van der Waals surface area contributed by atoms with Gasteiger partial charge in [0.2, 0.25) is 5.88 Å². The summed E-state index contributed by atoms with van der Waals surface area (Å²) in [6.07, 6.45) is 3.40. The summed E-state index contributed by atoms with van der Waals surface area (Å²) in [5, 5.41) is 9.54. The highest BCUT2D eigenvalue weighted by molar-refractivity contribution is 7.98. The van der Waals surface area contributed by atoms with Gasteiger partial charge in [-0.05, 0) is 6.26 Å². The van der Waals surface area contributed by atoms with Crippen LogP contribution < -0.4 is 5.56 Å². The van der Waals surface area contributed by atoms with E-state index < -0.39 is 0 Å². The average Bonchev–Trinajstić information content (AvgIpc) is 2.09. The van der Waals surface area contributed by atoms with E-state index in [-0.39, 0.29) is 11.4 Å². The van der Waals surface area contributed by atoms with Crippen LogP contribution >= 0.6 is 11.8 Å². The number of rotatable bonds is 3. The Morgan fingerprint density at radius 2 is 2.54 bits per heavy atom. The third-order valence-corrected chi connectivity index (χ3v) is 2.13. The van der Waals surface area contributed by atoms with Gasteiger partial charge in [-0.25, -0.2) is 0 Å². The minimum absolute atomic E-state index is 0.241. The van der Waals surface area contributed by atoms with E-state index in [1.54, 1.807) is 12.3 Å². The zero-order valence-electron chi connectivity index (χ0n) is 7.23. The minimum Gasteiger partial charge on any atom is -0.493 e. The van der Waals surface area contributed by atoms with Crippen LogP contribution in [0.4, 0.5) is 0 Å².